The van der Waals surface area contributed by atoms with Gasteiger partial charge >= 0.3 is 5.97 Å². The molecule has 0 unspecified atom stereocenters. The van der Waals surface area contributed by atoms with Crippen molar-refractivity contribution in [2.75, 3.05) is 0 Å². The summed E-state index contributed by atoms with van der Waals surface area (Å²) in [7, 11) is 0. The van der Waals surface area contributed by atoms with Gasteiger partial charge in [-0.1, -0.05) is 0 Å². The first kappa shape index (κ1) is 18.9. The lowest BCUT2D eigenvalue weighted by Gasteiger charge is -2.26. The van der Waals surface area contributed by atoms with Gasteiger partial charge < -0.3 is 10.4 Å². The fourth-order valence-corrected chi connectivity index (χ4v) is 4.60. The first-order chi connectivity index (χ1) is 12.5. The van der Waals surface area contributed by atoms with E-state index in [1.165, 1.54) is 0 Å². The monoisotopic (exact) mass is 390 g/mol. The maximum atomic E-state index is 12.4. The van der Waals surface area contributed by atoms with Crippen LogP contribution in [0.25, 0.3) is 0 Å². The van der Waals surface area contributed by atoms with E-state index in [2.05, 4.69) is 15.7 Å². The van der Waals surface area contributed by atoms with E-state index in [0.717, 1.165) is 34.2 Å². The minimum atomic E-state index is -0.726. The fraction of sp³-hybridized carbons (Fsp3) is 0.421. The van der Waals surface area contributed by atoms with Crippen LogP contribution in [0.15, 0.2) is 34.5 Å². The van der Waals surface area contributed by atoms with Crippen LogP contribution in [-0.4, -0.2) is 28.0 Å². The molecule has 1 aromatic carbocycles. The zero-order valence-corrected chi connectivity index (χ0v) is 16.2. The Morgan fingerprint density at radius 3 is 2.50 bits per heavy atom. The molecule has 2 aromatic rings. The summed E-state index contributed by atoms with van der Waals surface area (Å²) in [6.45, 7) is 2.00. The molecule has 7 heteroatoms. The van der Waals surface area contributed by atoms with E-state index in [0.29, 0.717) is 18.4 Å². The zero-order valence-electron chi connectivity index (χ0n) is 14.6. The molecule has 0 atom stereocenters. The molecular formula is C19H22N2O3S2. The number of nitrogens with zero attached hydrogens (tertiary/aromatic N) is 1. The number of rotatable bonds is 6. The molecule has 0 aliphatic heterocycles. The van der Waals surface area contributed by atoms with Crippen LogP contribution < -0.4 is 5.32 Å². The highest BCUT2D eigenvalue weighted by Gasteiger charge is 2.26. The maximum Gasteiger partial charge on any atom is 0.306 e. The van der Waals surface area contributed by atoms with Gasteiger partial charge in [0.05, 0.1) is 16.6 Å². The summed E-state index contributed by atoms with van der Waals surface area (Å²) in [5, 5.41) is 15.2. The lowest BCUT2D eigenvalue weighted by Crippen LogP contribution is -2.38. The molecule has 0 radical (unpaired) electrons. The van der Waals surface area contributed by atoms with Crippen molar-refractivity contribution in [2.24, 2.45) is 5.92 Å². The number of hydrogen-bond donors (Lipinski definition) is 2. The number of aryl methyl sites for hydroxylation is 1. The third-order valence-corrected chi connectivity index (χ3v) is 6.45. The summed E-state index contributed by atoms with van der Waals surface area (Å²) in [4.78, 5) is 28.9. The molecule has 138 valence electrons. The summed E-state index contributed by atoms with van der Waals surface area (Å²) in [5.41, 5.74) is 1.72. The normalized spacial score (nSPS) is 19.9. The smallest absolute Gasteiger partial charge is 0.306 e. The molecule has 1 fully saturated rings. The molecule has 26 heavy (non-hydrogen) atoms. The Kier molecular flexibility index (Phi) is 6.32. The fourth-order valence-electron chi connectivity index (χ4n) is 3.09. The molecule has 1 amide bonds. The second kappa shape index (κ2) is 8.68. The summed E-state index contributed by atoms with van der Waals surface area (Å²) < 4.78 is 0. The number of thiazole rings is 1. The quantitative estimate of drug-likeness (QED) is 0.726. The number of carbonyl (C=O) groups excluding carboxylic acids is 1. The Bertz CT molecular complexity index is 765. The van der Waals surface area contributed by atoms with Crippen LogP contribution in [0.5, 0.6) is 0 Å². The van der Waals surface area contributed by atoms with Gasteiger partial charge in [0.25, 0.3) is 5.91 Å². The van der Waals surface area contributed by atoms with Crippen molar-refractivity contribution >= 4 is 35.0 Å². The SMILES string of the molecule is Cc1nc(CSc2ccc(C(=O)NC3CCC(C(=O)O)CC3)cc2)cs1. The van der Waals surface area contributed by atoms with E-state index in [4.69, 9.17) is 5.11 Å². The van der Waals surface area contributed by atoms with Crippen molar-refractivity contribution in [1.29, 1.82) is 0 Å². The Balaban J connectivity index is 1.48. The molecule has 3 rings (SSSR count). The van der Waals surface area contributed by atoms with Gasteiger partial charge in [-0.2, -0.15) is 0 Å². The van der Waals surface area contributed by atoms with Gasteiger partial charge in [-0.05, 0) is 56.9 Å². The van der Waals surface area contributed by atoms with Crippen LogP contribution >= 0.6 is 23.1 Å². The van der Waals surface area contributed by atoms with Crippen molar-refractivity contribution in [2.45, 2.75) is 49.3 Å². The molecule has 5 nitrogen and oxygen atoms in total. The van der Waals surface area contributed by atoms with Gasteiger partial charge in [0.15, 0.2) is 0 Å². The average molecular weight is 391 g/mol. The van der Waals surface area contributed by atoms with Crippen LogP contribution in [-0.2, 0) is 10.5 Å². The molecule has 0 saturated heterocycles. The van der Waals surface area contributed by atoms with Crippen LogP contribution in [0, 0.1) is 12.8 Å². The number of carbonyl (C=O) groups is 2. The van der Waals surface area contributed by atoms with E-state index >= 15 is 0 Å². The Labute approximate surface area is 161 Å². The molecule has 1 aliphatic rings. The van der Waals surface area contributed by atoms with Gasteiger partial charge in [0, 0.05) is 27.6 Å². The molecule has 1 aromatic heterocycles. The molecule has 0 spiro atoms. The van der Waals surface area contributed by atoms with Crippen LogP contribution in [0.1, 0.15) is 46.7 Å². The van der Waals surface area contributed by atoms with Crippen LogP contribution in [0.3, 0.4) is 0 Å². The highest BCUT2D eigenvalue weighted by Crippen LogP contribution is 2.26. The van der Waals surface area contributed by atoms with Crippen molar-refractivity contribution < 1.29 is 14.7 Å². The number of benzene rings is 1. The van der Waals surface area contributed by atoms with Gasteiger partial charge in [-0.15, -0.1) is 23.1 Å². The molecule has 1 aliphatic carbocycles. The topological polar surface area (TPSA) is 79.3 Å². The lowest BCUT2D eigenvalue weighted by atomic mass is 9.86. The molecule has 1 heterocycles. The third-order valence-electron chi connectivity index (χ3n) is 4.58. The van der Waals surface area contributed by atoms with Crippen LogP contribution in [0.4, 0.5) is 0 Å². The Morgan fingerprint density at radius 1 is 1.23 bits per heavy atom. The minimum absolute atomic E-state index is 0.0695. The van der Waals surface area contributed by atoms with E-state index in [1.54, 1.807) is 23.1 Å². The number of aromatic nitrogens is 1. The second-order valence-corrected chi connectivity index (χ2v) is 8.64. The molecule has 2 N–H and O–H groups in total. The van der Waals surface area contributed by atoms with Crippen molar-refractivity contribution in [3.63, 3.8) is 0 Å². The van der Waals surface area contributed by atoms with E-state index in [1.807, 2.05) is 31.2 Å². The summed E-state index contributed by atoms with van der Waals surface area (Å²) in [5.74, 6) is -0.255. The molecule has 0 bridgehead atoms. The van der Waals surface area contributed by atoms with E-state index in [-0.39, 0.29) is 17.9 Å². The summed E-state index contributed by atoms with van der Waals surface area (Å²) >= 11 is 3.36. The largest absolute Gasteiger partial charge is 0.481 e. The maximum absolute atomic E-state index is 12.4. The van der Waals surface area contributed by atoms with E-state index in [9.17, 15) is 9.59 Å². The first-order valence-electron chi connectivity index (χ1n) is 8.69. The number of amides is 1. The Hall–Kier alpha value is -1.86. The highest BCUT2D eigenvalue weighted by atomic mass is 32.2. The number of nitrogens with one attached hydrogen (secondary N) is 1. The Morgan fingerprint density at radius 2 is 1.92 bits per heavy atom. The predicted octanol–water partition coefficient (Wildman–Crippen LogP) is 4.12. The number of thioether (sulfide) groups is 1. The number of hydrogen-bond acceptors (Lipinski definition) is 5. The van der Waals surface area contributed by atoms with Crippen molar-refractivity contribution in [3.05, 3.63) is 45.9 Å². The third kappa shape index (κ3) is 5.08. The highest BCUT2D eigenvalue weighted by molar-refractivity contribution is 7.98. The summed E-state index contributed by atoms with van der Waals surface area (Å²) in [6, 6.07) is 7.67. The summed E-state index contributed by atoms with van der Waals surface area (Å²) in [6.07, 6.45) is 2.71. The average Bonchev–Trinajstić information content (AvgIpc) is 3.06. The van der Waals surface area contributed by atoms with Crippen molar-refractivity contribution in [1.82, 2.24) is 10.3 Å². The predicted molar refractivity (Wildman–Crippen MR) is 104 cm³/mol. The van der Waals surface area contributed by atoms with Gasteiger partial charge in [-0.25, -0.2) is 4.98 Å². The first-order valence-corrected chi connectivity index (χ1v) is 10.6. The number of carboxylic acids is 1. The second-order valence-electron chi connectivity index (χ2n) is 6.53. The zero-order chi connectivity index (χ0) is 18.5. The van der Waals surface area contributed by atoms with Gasteiger partial charge in [0.2, 0.25) is 0 Å². The van der Waals surface area contributed by atoms with Gasteiger partial charge in [0.1, 0.15) is 0 Å². The lowest BCUT2D eigenvalue weighted by molar-refractivity contribution is -0.142. The number of aliphatic carboxylic acids is 1. The number of carboxylic acid groups (broad SMARTS) is 1. The standard InChI is InChI=1S/C19H22N2O3S2/c1-12-20-16(10-25-12)11-26-17-8-4-13(5-9-17)18(22)21-15-6-2-14(3-7-15)19(23)24/h4-5,8-10,14-15H,2-3,6-7,11H2,1H3,(H,21,22)(H,23,24). The van der Waals surface area contributed by atoms with Crippen LogP contribution in [0.2, 0.25) is 0 Å². The molecular weight excluding hydrogens is 368 g/mol. The minimum Gasteiger partial charge on any atom is -0.481 e. The molecule has 1 saturated carbocycles. The van der Waals surface area contributed by atoms with Gasteiger partial charge in [-0.3, -0.25) is 9.59 Å². The van der Waals surface area contributed by atoms with Crippen molar-refractivity contribution in [3.8, 4) is 0 Å². The van der Waals surface area contributed by atoms with E-state index < -0.39 is 5.97 Å².